The van der Waals surface area contributed by atoms with Crippen LogP contribution in [0.1, 0.15) is 92.9 Å². The van der Waals surface area contributed by atoms with Crippen LogP contribution >= 0.6 is 0 Å². The lowest BCUT2D eigenvalue weighted by molar-refractivity contribution is -0.0143. The zero-order valence-electron chi connectivity index (χ0n) is 20.5. The smallest absolute Gasteiger partial charge is 0.0598 e. The third kappa shape index (κ3) is 8.15. The van der Waals surface area contributed by atoms with Crippen molar-refractivity contribution in [2.24, 2.45) is 23.2 Å². The first-order valence-corrected chi connectivity index (χ1v) is 12.7. The second kappa shape index (κ2) is 10.0. The maximum atomic E-state index is 5.93. The molecule has 0 aromatic heterocycles. The lowest BCUT2D eigenvalue weighted by atomic mass is 9.76. The minimum atomic E-state index is 0.0172. The largest absolute Gasteiger partial charge is 0.376 e. The average Bonchev–Trinajstić information content (AvgIpc) is 2.58. The summed E-state index contributed by atoms with van der Waals surface area (Å²) >= 11 is 0. The van der Waals surface area contributed by atoms with Crippen LogP contribution in [-0.4, -0.2) is 60.8 Å². The fourth-order valence-corrected chi connectivity index (χ4v) is 5.89. The highest BCUT2D eigenvalue weighted by Gasteiger charge is 2.36. The van der Waals surface area contributed by atoms with Crippen molar-refractivity contribution in [2.45, 2.75) is 105 Å². The average molecular weight is 407 g/mol. The number of piperidine rings is 2. The molecule has 0 aromatic carbocycles. The maximum Gasteiger partial charge on any atom is 0.0598 e. The highest BCUT2D eigenvalue weighted by molar-refractivity contribution is 4.91. The molecule has 0 atom stereocenters. The van der Waals surface area contributed by atoms with E-state index in [0.717, 1.165) is 30.4 Å². The maximum absolute atomic E-state index is 5.93. The minimum absolute atomic E-state index is 0.0172. The Morgan fingerprint density at radius 3 is 1.90 bits per heavy atom. The van der Waals surface area contributed by atoms with Gasteiger partial charge >= 0.3 is 0 Å². The van der Waals surface area contributed by atoms with Gasteiger partial charge < -0.3 is 14.5 Å². The van der Waals surface area contributed by atoms with E-state index in [1.165, 1.54) is 84.1 Å². The van der Waals surface area contributed by atoms with Crippen molar-refractivity contribution in [2.75, 3.05) is 39.3 Å². The van der Waals surface area contributed by atoms with E-state index in [9.17, 15) is 0 Å². The third-order valence-corrected chi connectivity index (χ3v) is 7.56. The predicted octanol–water partition coefficient (Wildman–Crippen LogP) is 5.83. The minimum Gasteiger partial charge on any atom is -0.376 e. The van der Waals surface area contributed by atoms with Crippen LogP contribution in [0.3, 0.4) is 0 Å². The summed E-state index contributed by atoms with van der Waals surface area (Å²) in [6, 6.07) is 0.905. The number of likely N-dealkylation sites (tertiary alicyclic amines) is 2. The summed E-state index contributed by atoms with van der Waals surface area (Å²) in [6.07, 6.45) is 11.2. The number of ether oxygens (including phenoxy) is 1. The van der Waals surface area contributed by atoms with Gasteiger partial charge in [0.05, 0.1) is 5.60 Å². The molecule has 0 bridgehead atoms. The van der Waals surface area contributed by atoms with Crippen LogP contribution in [-0.2, 0) is 4.74 Å². The summed E-state index contributed by atoms with van der Waals surface area (Å²) in [7, 11) is 0. The van der Waals surface area contributed by atoms with Crippen molar-refractivity contribution in [3.8, 4) is 0 Å². The van der Waals surface area contributed by atoms with E-state index in [4.69, 9.17) is 4.74 Å². The molecule has 2 aliphatic heterocycles. The Morgan fingerprint density at radius 1 is 0.759 bits per heavy atom. The lowest BCUT2D eigenvalue weighted by Gasteiger charge is -2.48. The van der Waals surface area contributed by atoms with Crippen molar-refractivity contribution >= 4 is 0 Å². The molecule has 29 heavy (non-hydrogen) atoms. The Kier molecular flexibility index (Phi) is 8.12. The quantitative estimate of drug-likeness (QED) is 0.529. The normalized spacial score (nSPS) is 29.2. The summed E-state index contributed by atoms with van der Waals surface area (Å²) < 4.78 is 5.93. The molecule has 2 saturated heterocycles. The van der Waals surface area contributed by atoms with Crippen molar-refractivity contribution < 1.29 is 4.74 Å². The molecular formula is C26H50N2O. The topological polar surface area (TPSA) is 15.7 Å². The van der Waals surface area contributed by atoms with Gasteiger partial charge in [0.2, 0.25) is 0 Å². The lowest BCUT2D eigenvalue weighted by Crippen LogP contribution is -2.51. The molecule has 0 aromatic rings. The number of hydrogen-bond acceptors (Lipinski definition) is 3. The van der Waals surface area contributed by atoms with E-state index < -0.39 is 0 Å². The zero-order valence-corrected chi connectivity index (χ0v) is 20.5. The second-order valence-corrected chi connectivity index (χ2v) is 12.7. The summed E-state index contributed by atoms with van der Waals surface area (Å²) in [5.74, 6) is 2.82. The van der Waals surface area contributed by atoms with E-state index in [0.29, 0.717) is 5.41 Å². The van der Waals surface area contributed by atoms with Crippen LogP contribution in [0.15, 0.2) is 0 Å². The zero-order chi connectivity index (χ0) is 21.1. The van der Waals surface area contributed by atoms with E-state index in [-0.39, 0.29) is 5.60 Å². The van der Waals surface area contributed by atoms with Crippen LogP contribution in [0.4, 0.5) is 0 Å². The van der Waals surface area contributed by atoms with Crippen LogP contribution < -0.4 is 0 Å². The van der Waals surface area contributed by atoms with Gasteiger partial charge in [0.15, 0.2) is 0 Å². The molecule has 3 fully saturated rings. The first kappa shape index (κ1) is 23.5. The van der Waals surface area contributed by atoms with Gasteiger partial charge in [-0.2, -0.15) is 0 Å². The summed E-state index contributed by atoms with van der Waals surface area (Å²) in [5, 5.41) is 0. The summed E-state index contributed by atoms with van der Waals surface area (Å²) in [6.45, 7) is 21.3. The monoisotopic (exact) mass is 406 g/mol. The molecule has 2 heterocycles. The van der Waals surface area contributed by atoms with Crippen LogP contribution in [0, 0.1) is 23.2 Å². The number of rotatable bonds is 7. The molecule has 0 N–H and O–H groups in total. The van der Waals surface area contributed by atoms with Gasteiger partial charge in [-0.1, -0.05) is 20.8 Å². The number of nitrogens with zero attached hydrogens (tertiary/aromatic N) is 2. The molecular weight excluding hydrogens is 356 g/mol. The van der Waals surface area contributed by atoms with Gasteiger partial charge in [-0.25, -0.2) is 0 Å². The fraction of sp³-hybridized carbons (Fsp3) is 1.00. The molecule has 3 heteroatoms. The van der Waals surface area contributed by atoms with Crippen molar-refractivity contribution in [1.29, 1.82) is 0 Å². The molecule has 0 radical (unpaired) electrons. The van der Waals surface area contributed by atoms with Gasteiger partial charge in [0.25, 0.3) is 0 Å². The molecule has 3 aliphatic rings. The molecule has 0 unspecified atom stereocenters. The molecule has 170 valence electrons. The highest BCUT2D eigenvalue weighted by Crippen LogP contribution is 2.37. The first-order chi connectivity index (χ1) is 13.6. The van der Waals surface area contributed by atoms with Gasteiger partial charge in [0.1, 0.15) is 0 Å². The molecule has 1 aliphatic carbocycles. The van der Waals surface area contributed by atoms with E-state index >= 15 is 0 Å². The first-order valence-electron chi connectivity index (χ1n) is 12.7. The Morgan fingerprint density at radius 2 is 1.34 bits per heavy atom. The Labute approximate surface area is 181 Å². The summed E-state index contributed by atoms with van der Waals surface area (Å²) in [5.41, 5.74) is 0.519. The molecule has 3 nitrogen and oxygen atoms in total. The van der Waals surface area contributed by atoms with E-state index in [1.807, 2.05) is 0 Å². The Balaban J connectivity index is 1.25. The van der Waals surface area contributed by atoms with Gasteiger partial charge in [-0.3, -0.25) is 0 Å². The van der Waals surface area contributed by atoms with E-state index in [1.54, 1.807) is 0 Å². The predicted molar refractivity (Wildman–Crippen MR) is 124 cm³/mol. The molecule has 3 rings (SSSR count). The Bertz CT molecular complexity index is 470. The fourth-order valence-electron chi connectivity index (χ4n) is 5.89. The highest BCUT2D eigenvalue weighted by atomic mass is 16.5. The van der Waals surface area contributed by atoms with Gasteiger partial charge in [-0.05, 0) is 121 Å². The van der Waals surface area contributed by atoms with Gasteiger partial charge in [-0.15, -0.1) is 0 Å². The molecule has 1 saturated carbocycles. The van der Waals surface area contributed by atoms with Crippen LogP contribution in [0.25, 0.3) is 0 Å². The van der Waals surface area contributed by atoms with Crippen LogP contribution in [0.2, 0.25) is 0 Å². The van der Waals surface area contributed by atoms with Crippen molar-refractivity contribution in [1.82, 2.24) is 9.80 Å². The standard InChI is InChI=1S/C26H50N2O/c1-25(2,3)19-22-9-14-28(15-10-22)24-17-23(18-24)20-27-12-7-21(8-13-27)11-16-29-26(4,5)6/h21-24H,7-20H2,1-6H3. The van der Waals surface area contributed by atoms with E-state index in [2.05, 4.69) is 51.3 Å². The van der Waals surface area contributed by atoms with Gasteiger partial charge in [0, 0.05) is 19.2 Å². The molecule has 0 spiro atoms. The Hall–Kier alpha value is -0.120. The summed E-state index contributed by atoms with van der Waals surface area (Å²) in [4.78, 5) is 5.59. The molecule has 0 amide bonds. The van der Waals surface area contributed by atoms with Crippen molar-refractivity contribution in [3.63, 3.8) is 0 Å². The SMILES string of the molecule is CC(C)(C)CC1CCN(C2CC(CN3CCC(CCOC(C)(C)C)CC3)C2)CC1. The number of hydrogen-bond donors (Lipinski definition) is 0. The van der Waals surface area contributed by atoms with Crippen molar-refractivity contribution in [3.05, 3.63) is 0 Å². The second-order valence-electron chi connectivity index (χ2n) is 12.7. The third-order valence-electron chi connectivity index (χ3n) is 7.56. The van der Waals surface area contributed by atoms with Crippen LogP contribution in [0.5, 0.6) is 0 Å².